The highest BCUT2D eigenvalue weighted by Gasteiger charge is 2.17. The Hall–Kier alpha value is -2.97. The van der Waals surface area contributed by atoms with Crippen LogP contribution in [0.3, 0.4) is 0 Å². The summed E-state index contributed by atoms with van der Waals surface area (Å²) in [6.07, 6.45) is 1.05. The third kappa shape index (κ3) is 2.49. The molecule has 0 amide bonds. The maximum absolute atomic E-state index is 10.6. The van der Waals surface area contributed by atoms with Crippen LogP contribution in [0.25, 0.3) is 0 Å². The van der Waals surface area contributed by atoms with Gasteiger partial charge in [0.2, 0.25) is 5.82 Å². The standard InChI is InChI=1S/C10H9N5O4/c11-10-9(15(18)19)5-12-13(10)6-7-2-1-3-8(4-7)14(16)17/h1-5H,6,11H2. The van der Waals surface area contributed by atoms with Crippen molar-refractivity contribution < 1.29 is 9.85 Å². The highest BCUT2D eigenvalue weighted by molar-refractivity contribution is 5.51. The van der Waals surface area contributed by atoms with Crippen LogP contribution >= 0.6 is 0 Å². The number of rotatable bonds is 4. The fourth-order valence-electron chi connectivity index (χ4n) is 1.59. The summed E-state index contributed by atoms with van der Waals surface area (Å²) < 4.78 is 1.22. The summed E-state index contributed by atoms with van der Waals surface area (Å²) in [4.78, 5) is 20.1. The number of nitro benzene ring substituents is 1. The Kier molecular flexibility index (Phi) is 3.10. The van der Waals surface area contributed by atoms with Crippen molar-refractivity contribution in [3.8, 4) is 0 Å². The molecule has 1 heterocycles. The van der Waals surface area contributed by atoms with Crippen LogP contribution in [-0.2, 0) is 6.54 Å². The van der Waals surface area contributed by atoms with Crippen molar-refractivity contribution in [1.82, 2.24) is 9.78 Å². The number of non-ortho nitro benzene ring substituents is 1. The van der Waals surface area contributed by atoms with Crippen LogP contribution in [0.5, 0.6) is 0 Å². The van der Waals surface area contributed by atoms with Gasteiger partial charge in [0.1, 0.15) is 6.20 Å². The summed E-state index contributed by atoms with van der Waals surface area (Å²) in [5, 5.41) is 25.0. The van der Waals surface area contributed by atoms with Gasteiger partial charge in [-0.05, 0) is 5.56 Å². The predicted octanol–water partition coefficient (Wildman–Crippen LogP) is 1.33. The SMILES string of the molecule is Nc1c([N+](=O)[O-])cnn1Cc1cccc([N+](=O)[O-])c1. The van der Waals surface area contributed by atoms with E-state index in [4.69, 9.17) is 5.73 Å². The molecular weight excluding hydrogens is 254 g/mol. The van der Waals surface area contributed by atoms with Gasteiger partial charge in [-0.25, -0.2) is 4.68 Å². The Morgan fingerprint density at radius 2 is 2.00 bits per heavy atom. The molecule has 0 aliphatic carbocycles. The molecule has 9 heteroatoms. The minimum atomic E-state index is -0.633. The first-order valence-electron chi connectivity index (χ1n) is 5.18. The van der Waals surface area contributed by atoms with E-state index in [1.165, 1.54) is 22.9 Å². The van der Waals surface area contributed by atoms with Crippen molar-refractivity contribution in [2.45, 2.75) is 6.54 Å². The van der Waals surface area contributed by atoms with E-state index in [2.05, 4.69) is 5.10 Å². The van der Waals surface area contributed by atoms with Crippen molar-refractivity contribution in [2.24, 2.45) is 0 Å². The molecule has 0 saturated carbocycles. The highest BCUT2D eigenvalue weighted by atomic mass is 16.6. The summed E-state index contributed by atoms with van der Waals surface area (Å²) in [7, 11) is 0. The van der Waals surface area contributed by atoms with Crippen molar-refractivity contribution in [1.29, 1.82) is 0 Å². The molecule has 1 aromatic carbocycles. The first-order chi connectivity index (χ1) is 8.99. The molecule has 0 saturated heterocycles. The molecule has 1 aromatic heterocycles. The van der Waals surface area contributed by atoms with Gasteiger partial charge in [-0.3, -0.25) is 20.2 Å². The molecule has 0 bridgehead atoms. The van der Waals surface area contributed by atoms with Crippen LogP contribution in [0.15, 0.2) is 30.5 Å². The van der Waals surface area contributed by atoms with E-state index in [9.17, 15) is 20.2 Å². The second-order valence-corrected chi connectivity index (χ2v) is 3.76. The smallest absolute Gasteiger partial charge is 0.330 e. The van der Waals surface area contributed by atoms with E-state index >= 15 is 0 Å². The van der Waals surface area contributed by atoms with Gasteiger partial charge < -0.3 is 5.73 Å². The van der Waals surface area contributed by atoms with Crippen molar-refractivity contribution in [3.05, 3.63) is 56.3 Å². The zero-order chi connectivity index (χ0) is 14.0. The lowest BCUT2D eigenvalue weighted by molar-refractivity contribution is -0.384. The van der Waals surface area contributed by atoms with E-state index in [-0.39, 0.29) is 23.7 Å². The number of nitro groups is 2. The van der Waals surface area contributed by atoms with Gasteiger partial charge in [-0.1, -0.05) is 12.1 Å². The van der Waals surface area contributed by atoms with E-state index in [0.717, 1.165) is 6.20 Å². The Bertz CT molecular complexity index is 651. The van der Waals surface area contributed by atoms with Crippen LogP contribution in [-0.4, -0.2) is 19.6 Å². The molecule has 19 heavy (non-hydrogen) atoms. The molecule has 2 aromatic rings. The van der Waals surface area contributed by atoms with E-state index in [1.807, 2.05) is 0 Å². The third-order valence-corrected chi connectivity index (χ3v) is 2.51. The van der Waals surface area contributed by atoms with Crippen LogP contribution in [0, 0.1) is 20.2 Å². The molecule has 0 radical (unpaired) electrons. The second-order valence-electron chi connectivity index (χ2n) is 3.76. The lowest BCUT2D eigenvalue weighted by Gasteiger charge is -2.03. The number of nitrogens with two attached hydrogens (primary N) is 1. The number of aromatic nitrogens is 2. The van der Waals surface area contributed by atoms with Crippen LogP contribution in [0.1, 0.15) is 5.56 Å². The Morgan fingerprint density at radius 1 is 1.26 bits per heavy atom. The van der Waals surface area contributed by atoms with E-state index in [0.29, 0.717) is 5.56 Å². The van der Waals surface area contributed by atoms with Crippen molar-refractivity contribution in [3.63, 3.8) is 0 Å². The highest BCUT2D eigenvalue weighted by Crippen LogP contribution is 2.21. The maximum atomic E-state index is 10.6. The summed E-state index contributed by atoms with van der Waals surface area (Å²) in [5.41, 5.74) is 5.81. The topological polar surface area (TPSA) is 130 Å². The van der Waals surface area contributed by atoms with Gasteiger partial charge in [0, 0.05) is 12.1 Å². The molecule has 0 aliphatic rings. The summed E-state index contributed by atoms with van der Waals surface area (Å²) >= 11 is 0. The summed E-state index contributed by atoms with van der Waals surface area (Å²) in [6, 6.07) is 5.91. The summed E-state index contributed by atoms with van der Waals surface area (Å²) in [5.74, 6) is -0.0866. The van der Waals surface area contributed by atoms with Crippen molar-refractivity contribution in [2.75, 3.05) is 5.73 Å². The minimum Gasteiger partial charge on any atom is -0.378 e. The number of hydrogen-bond acceptors (Lipinski definition) is 6. The number of hydrogen-bond donors (Lipinski definition) is 1. The number of nitrogen functional groups attached to an aromatic ring is 1. The monoisotopic (exact) mass is 263 g/mol. The number of anilines is 1. The quantitative estimate of drug-likeness (QED) is 0.654. The fraction of sp³-hybridized carbons (Fsp3) is 0.100. The van der Waals surface area contributed by atoms with Crippen LogP contribution in [0.2, 0.25) is 0 Å². The van der Waals surface area contributed by atoms with Crippen molar-refractivity contribution >= 4 is 17.2 Å². The molecule has 9 nitrogen and oxygen atoms in total. The Balaban J connectivity index is 2.29. The van der Waals surface area contributed by atoms with Crippen LogP contribution in [0.4, 0.5) is 17.2 Å². The first-order valence-corrected chi connectivity index (χ1v) is 5.18. The average Bonchev–Trinajstić information content (AvgIpc) is 2.71. The molecular formula is C10H9N5O4. The van der Waals surface area contributed by atoms with Gasteiger partial charge in [-0.15, -0.1) is 0 Å². The number of nitrogens with zero attached hydrogens (tertiary/aromatic N) is 4. The Morgan fingerprint density at radius 3 is 2.58 bits per heavy atom. The Labute approximate surface area is 106 Å². The predicted molar refractivity (Wildman–Crippen MR) is 65.5 cm³/mol. The van der Waals surface area contributed by atoms with Gasteiger partial charge in [0.05, 0.1) is 16.4 Å². The molecule has 2 rings (SSSR count). The normalized spacial score (nSPS) is 10.3. The molecule has 0 spiro atoms. The lowest BCUT2D eigenvalue weighted by Crippen LogP contribution is -2.07. The zero-order valence-corrected chi connectivity index (χ0v) is 9.59. The fourth-order valence-corrected chi connectivity index (χ4v) is 1.59. The van der Waals surface area contributed by atoms with Crippen LogP contribution < -0.4 is 5.73 Å². The van der Waals surface area contributed by atoms with E-state index in [1.54, 1.807) is 6.07 Å². The number of benzene rings is 1. The molecule has 0 fully saturated rings. The van der Waals surface area contributed by atoms with Gasteiger partial charge >= 0.3 is 5.69 Å². The maximum Gasteiger partial charge on any atom is 0.330 e. The molecule has 98 valence electrons. The second kappa shape index (κ2) is 4.72. The zero-order valence-electron chi connectivity index (χ0n) is 9.59. The van der Waals surface area contributed by atoms with Gasteiger partial charge in [-0.2, -0.15) is 5.10 Å². The molecule has 0 unspecified atom stereocenters. The average molecular weight is 263 g/mol. The molecule has 2 N–H and O–H groups in total. The van der Waals surface area contributed by atoms with E-state index < -0.39 is 9.85 Å². The first kappa shape index (κ1) is 12.5. The molecule has 0 aliphatic heterocycles. The minimum absolute atomic E-state index is 0.0577. The lowest BCUT2D eigenvalue weighted by atomic mass is 10.2. The van der Waals surface area contributed by atoms with Gasteiger partial charge in [0.15, 0.2) is 0 Å². The van der Waals surface area contributed by atoms with Gasteiger partial charge in [0.25, 0.3) is 5.69 Å². The third-order valence-electron chi connectivity index (χ3n) is 2.51. The largest absolute Gasteiger partial charge is 0.378 e. The summed E-state index contributed by atoms with van der Waals surface area (Å²) in [6.45, 7) is 0.126. The molecule has 0 atom stereocenters.